The topological polar surface area (TPSA) is 15.3 Å². The minimum Gasteiger partial charge on any atom is -0.316 e. The van der Waals surface area contributed by atoms with Crippen LogP contribution in [0.1, 0.15) is 38.3 Å². The van der Waals surface area contributed by atoms with Gasteiger partial charge >= 0.3 is 0 Å². The van der Waals surface area contributed by atoms with E-state index in [1.54, 1.807) is 0 Å². The summed E-state index contributed by atoms with van der Waals surface area (Å²) in [5.74, 6) is 0.747. The van der Waals surface area contributed by atoms with Crippen LogP contribution in [0.3, 0.4) is 0 Å². The summed E-state index contributed by atoms with van der Waals surface area (Å²) in [7, 11) is 0. The van der Waals surface area contributed by atoms with Crippen LogP contribution < -0.4 is 5.32 Å². The Balaban J connectivity index is 2.05. The second-order valence-corrected chi connectivity index (χ2v) is 6.49. The highest BCUT2D eigenvalue weighted by molar-refractivity contribution is 6.35. The van der Waals surface area contributed by atoms with Crippen LogP contribution in [-0.2, 0) is 0 Å². The van der Waals surface area contributed by atoms with Gasteiger partial charge in [-0.25, -0.2) is 0 Å². The van der Waals surface area contributed by atoms with Gasteiger partial charge in [0.2, 0.25) is 0 Å². The summed E-state index contributed by atoms with van der Waals surface area (Å²) in [6, 6.07) is 6.14. The first kappa shape index (κ1) is 16.1. The van der Waals surface area contributed by atoms with Crippen molar-refractivity contribution in [2.24, 2.45) is 5.92 Å². The molecule has 2 unspecified atom stereocenters. The Bertz CT molecular complexity index is 430. The van der Waals surface area contributed by atoms with E-state index in [1.807, 2.05) is 12.1 Å². The van der Waals surface area contributed by atoms with Gasteiger partial charge in [-0.3, -0.25) is 4.90 Å². The van der Waals surface area contributed by atoms with Gasteiger partial charge in [0.1, 0.15) is 0 Å². The first-order valence-corrected chi connectivity index (χ1v) is 8.27. The highest BCUT2D eigenvalue weighted by atomic mass is 35.5. The lowest BCUT2D eigenvalue weighted by atomic mass is 9.97. The van der Waals surface area contributed by atoms with E-state index in [0.717, 1.165) is 30.6 Å². The van der Waals surface area contributed by atoms with E-state index in [-0.39, 0.29) is 0 Å². The van der Waals surface area contributed by atoms with Gasteiger partial charge in [-0.2, -0.15) is 0 Å². The average Bonchev–Trinajstić information content (AvgIpc) is 2.45. The molecule has 0 radical (unpaired) electrons. The van der Waals surface area contributed by atoms with Crippen molar-refractivity contribution >= 4 is 23.2 Å². The molecule has 0 bridgehead atoms. The van der Waals surface area contributed by atoms with Crippen molar-refractivity contribution in [3.8, 4) is 0 Å². The molecule has 2 rings (SSSR count). The largest absolute Gasteiger partial charge is 0.316 e. The lowest BCUT2D eigenvalue weighted by Gasteiger charge is -2.34. The van der Waals surface area contributed by atoms with Gasteiger partial charge in [-0.05, 0) is 63.0 Å². The number of benzene rings is 1. The molecule has 0 aromatic heterocycles. The van der Waals surface area contributed by atoms with Crippen LogP contribution >= 0.6 is 23.2 Å². The molecule has 0 spiro atoms. The summed E-state index contributed by atoms with van der Waals surface area (Å²) in [5.41, 5.74) is 1.17. The van der Waals surface area contributed by atoms with Crippen molar-refractivity contribution in [3.05, 3.63) is 33.8 Å². The van der Waals surface area contributed by atoms with Crippen LogP contribution in [0.2, 0.25) is 10.0 Å². The van der Waals surface area contributed by atoms with E-state index in [9.17, 15) is 0 Å². The summed E-state index contributed by atoms with van der Waals surface area (Å²) in [6.45, 7) is 8.92. The molecule has 0 amide bonds. The number of piperidine rings is 1. The summed E-state index contributed by atoms with van der Waals surface area (Å²) in [6.07, 6.45) is 2.61. The molecule has 1 N–H and O–H groups in total. The molecule has 2 nitrogen and oxygen atoms in total. The minimum atomic E-state index is 0.326. The fourth-order valence-corrected chi connectivity index (χ4v) is 3.58. The molecule has 1 fully saturated rings. The second kappa shape index (κ2) is 7.65. The summed E-state index contributed by atoms with van der Waals surface area (Å²) in [4.78, 5) is 2.51. The van der Waals surface area contributed by atoms with Gasteiger partial charge in [-0.15, -0.1) is 0 Å². The highest BCUT2D eigenvalue weighted by Crippen LogP contribution is 2.30. The monoisotopic (exact) mass is 314 g/mol. The van der Waals surface area contributed by atoms with Crippen LogP contribution in [-0.4, -0.2) is 31.1 Å². The van der Waals surface area contributed by atoms with E-state index in [1.165, 1.54) is 24.9 Å². The number of rotatable bonds is 5. The van der Waals surface area contributed by atoms with E-state index in [2.05, 4.69) is 30.1 Å². The quantitative estimate of drug-likeness (QED) is 0.867. The molecule has 0 aliphatic carbocycles. The normalized spacial score (nSPS) is 21.1. The van der Waals surface area contributed by atoms with Crippen molar-refractivity contribution in [3.63, 3.8) is 0 Å². The minimum absolute atomic E-state index is 0.326. The Morgan fingerprint density at radius 3 is 2.80 bits per heavy atom. The molecule has 1 aromatic carbocycles. The van der Waals surface area contributed by atoms with Gasteiger partial charge in [0.15, 0.2) is 0 Å². The summed E-state index contributed by atoms with van der Waals surface area (Å²) >= 11 is 12.3. The van der Waals surface area contributed by atoms with Gasteiger partial charge in [0.25, 0.3) is 0 Å². The number of hydrogen-bond acceptors (Lipinski definition) is 2. The number of hydrogen-bond donors (Lipinski definition) is 1. The molecule has 112 valence electrons. The number of nitrogens with one attached hydrogen (secondary N) is 1. The van der Waals surface area contributed by atoms with Crippen molar-refractivity contribution in [2.75, 3.05) is 26.2 Å². The molecule has 4 heteroatoms. The summed E-state index contributed by atoms with van der Waals surface area (Å²) in [5, 5.41) is 4.96. The maximum absolute atomic E-state index is 6.34. The predicted octanol–water partition coefficient (Wildman–Crippen LogP) is 4.38. The fourth-order valence-electron chi connectivity index (χ4n) is 3.01. The lowest BCUT2D eigenvalue weighted by molar-refractivity contribution is 0.171. The van der Waals surface area contributed by atoms with Gasteiger partial charge in [-0.1, -0.05) is 36.2 Å². The van der Waals surface area contributed by atoms with Crippen LogP contribution in [0.5, 0.6) is 0 Å². The first-order valence-electron chi connectivity index (χ1n) is 7.51. The van der Waals surface area contributed by atoms with E-state index in [0.29, 0.717) is 11.1 Å². The Morgan fingerprint density at radius 2 is 2.20 bits per heavy atom. The standard InChI is InChI=1S/C16H24Cl2N2/c1-3-20(11-13-5-4-8-19-10-13)12(2)15-7-6-14(17)9-16(15)18/h6-7,9,12-13,19H,3-5,8,10-11H2,1-2H3. The predicted molar refractivity (Wildman–Crippen MR) is 87.7 cm³/mol. The maximum Gasteiger partial charge on any atom is 0.0468 e. The Hall–Kier alpha value is -0.280. The molecule has 1 saturated heterocycles. The van der Waals surface area contributed by atoms with E-state index < -0.39 is 0 Å². The third-order valence-electron chi connectivity index (χ3n) is 4.26. The molecule has 0 saturated carbocycles. The van der Waals surface area contributed by atoms with Gasteiger partial charge in [0, 0.05) is 22.6 Å². The maximum atomic E-state index is 6.34. The Labute approximate surface area is 132 Å². The molecular formula is C16H24Cl2N2. The first-order chi connectivity index (χ1) is 9.61. The van der Waals surface area contributed by atoms with Gasteiger partial charge in [0.05, 0.1) is 0 Å². The number of nitrogens with zero attached hydrogens (tertiary/aromatic N) is 1. The molecular weight excluding hydrogens is 291 g/mol. The Kier molecular flexibility index (Phi) is 6.16. The molecule has 2 atom stereocenters. The highest BCUT2D eigenvalue weighted by Gasteiger charge is 2.21. The molecule has 1 aliphatic rings. The molecule has 20 heavy (non-hydrogen) atoms. The third kappa shape index (κ3) is 4.11. The van der Waals surface area contributed by atoms with Gasteiger partial charge < -0.3 is 5.32 Å². The summed E-state index contributed by atoms with van der Waals surface area (Å²) < 4.78 is 0. The van der Waals surface area contributed by atoms with E-state index >= 15 is 0 Å². The van der Waals surface area contributed by atoms with Crippen LogP contribution in [0.15, 0.2) is 18.2 Å². The number of halogens is 2. The van der Waals surface area contributed by atoms with Crippen molar-refractivity contribution in [1.82, 2.24) is 10.2 Å². The molecule has 1 heterocycles. The second-order valence-electron chi connectivity index (χ2n) is 5.64. The lowest BCUT2D eigenvalue weighted by Crippen LogP contribution is -2.39. The average molecular weight is 315 g/mol. The zero-order valence-electron chi connectivity index (χ0n) is 12.3. The van der Waals surface area contributed by atoms with E-state index in [4.69, 9.17) is 23.2 Å². The Morgan fingerprint density at radius 1 is 1.40 bits per heavy atom. The van der Waals surface area contributed by atoms with Crippen LogP contribution in [0, 0.1) is 5.92 Å². The van der Waals surface area contributed by atoms with Crippen molar-refractivity contribution < 1.29 is 0 Å². The zero-order chi connectivity index (χ0) is 14.5. The molecule has 1 aromatic rings. The zero-order valence-corrected chi connectivity index (χ0v) is 13.8. The smallest absolute Gasteiger partial charge is 0.0468 e. The third-order valence-corrected chi connectivity index (χ3v) is 4.82. The van der Waals surface area contributed by atoms with Crippen molar-refractivity contribution in [2.45, 2.75) is 32.7 Å². The molecule has 1 aliphatic heterocycles. The van der Waals surface area contributed by atoms with Crippen LogP contribution in [0.25, 0.3) is 0 Å². The SMILES string of the molecule is CCN(CC1CCCNC1)C(C)c1ccc(Cl)cc1Cl. The van der Waals surface area contributed by atoms with Crippen LogP contribution in [0.4, 0.5) is 0 Å². The van der Waals surface area contributed by atoms with Crippen molar-refractivity contribution in [1.29, 1.82) is 0 Å². The fraction of sp³-hybridized carbons (Fsp3) is 0.625.